The molecule has 0 unspecified atom stereocenters. The monoisotopic (exact) mass is 335 g/mol. The SMILES string of the molecule is [CH2]CC1CCC(c2ccc(OS(=O)(=O)C(F)(F)F)cc2)CC1. The van der Waals surface area contributed by atoms with Crippen molar-refractivity contribution in [2.45, 2.75) is 43.5 Å². The predicted octanol–water partition coefficient (Wildman–Crippen LogP) is 4.41. The molecule has 22 heavy (non-hydrogen) atoms. The molecular weight excluding hydrogens is 317 g/mol. The first-order valence-electron chi connectivity index (χ1n) is 7.13. The average Bonchev–Trinajstić information content (AvgIpc) is 2.47. The normalized spacial score (nSPS) is 23.3. The van der Waals surface area contributed by atoms with Gasteiger partial charge in [0.05, 0.1) is 0 Å². The Hall–Kier alpha value is -1.24. The molecule has 1 aromatic rings. The Morgan fingerprint density at radius 2 is 1.64 bits per heavy atom. The summed E-state index contributed by atoms with van der Waals surface area (Å²) < 4.78 is 62.7. The molecular formula is C15H18F3O3S. The van der Waals surface area contributed by atoms with Crippen LogP contribution in [0.15, 0.2) is 24.3 Å². The van der Waals surface area contributed by atoms with E-state index in [1.165, 1.54) is 12.1 Å². The van der Waals surface area contributed by atoms with Crippen molar-refractivity contribution in [3.8, 4) is 5.75 Å². The summed E-state index contributed by atoms with van der Waals surface area (Å²) in [6.07, 6.45) is 5.14. The van der Waals surface area contributed by atoms with Gasteiger partial charge >= 0.3 is 15.6 Å². The zero-order valence-corrected chi connectivity index (χ0v) is 12.8. The quantitative estimate of drug-likeness (QED) is 0.604. The lowest BCUT2D eigenvalue weighted by Crippen LogP contribution is -2.28. The highest BCUT2D eigenvalue weighted by atomic mass is 32.2. The molecule has 1 aliphatic rings. The summed E-state index contributed by atoms with van der Waals surface area (Å²) in [5.41, 5.74) is -4.42. The average molecular weight is 335 g/mol. The van der Waals surface area contributed by atoms with Crippen LogP contribution in [0.4, 0.5) is 13.2 Å². The van der Waals surface area contributed by atoms with Gasteiger partial charge in [-0.3, -0.25) is 0 Å². The van der Waals surface area contributed by atoms with Crippen LogP contribution in [0.3, 0.4) is 0 Å². The Kier molecular flexibility index (Phi) is 5.04. The van der Waals surface area contributed by atoms with Crippen molar-refractivity contribution in [2.75, 3.05) is 0 Å². The standard InChI is InChI=1S/C15H18F3O3S/c1-2-11-3-5-12(6-4-11)13-7-9-14(10-8-13)21-22(19,20)15(16,17)18/h7-12H,1-6H2. The summed E-state index contributed by atoms with van der Waals surface area (Å²) in [6.45, 7) is 3.91. The number of halogens is 3. The topological polar surface area (TPSA) is 43.4 Å². The fraction of sp³-hybridized carbons (Fsp3) is 0.533. The highest BCUT2D eigenvalue weighted by Crippen LogP contribution is 2.37. The fourth-order valence-electron chi connectivity index (χ4n) is 2.75. The number of hydrogen-bond acceptors (Lipinski definition) is 3. The van der Waals surface area contributed by atoms with Crippen molar-refractivity contribution in [2.24, 2.45) is 5.92 Å². The molecule has 1 fully saturated rings. The molecule has 7 heteroatoms. The predicted molar refractivity (Wildman–Crippen MR) is 76.7 cm³/mol. The third kappa shape index (κ3) is 3.94. The van der Waals surface area contributed by atoms with Crippen LogP contribution < -0.4 is 4.18 Å². The Labute approximate surface area is 128 Å². The summed E-state index contributed by atoms with van der Waals surface area (Å²) >= 11 is 0. The van der Waals surface area contributed by atoms with Crippen LogP contribution in [0.25, 0.3) is 0 Å². The van der Waals surface area contributed by atoms with Gasteiger partial charge in [-0.15, -0.1) is 0 Å². The highest BCUT2D eigenvalue weighted by molar-refractivity contribution is 7.87. The molecule has 0 heterocycles. The van der Waals surface area contributed by atoms with Crippen LogP contribution in [0.5, 0.6) is 5.75 Å². The smallest absolute Gasteiger partial charge is 0.376 e. The van der Waals surface area contributed by atoms with Gasteiger partial charge < -0.3 is 4.18 Å². The maximum Gasteiger partial charge on any atom is 0.534 e. The molecule has 0 spiro atoms. The van der Waals surface area contributed by atoms with Crippen molar-refractivity contribution in [1.82, 2.24) is 0 Å². The maximum absolute atomic E-state index is 12.2. The lowest BCUT2D eigenvalue weighted by atomic mass is 9.78. The molecule has 0 aromatic heterocycles. The minimum absolute atomic E-state index is 0.326. The van der Waals surface area contributed by atoms with Gasteiger partial charge in [0.15, 0.2) is 0 Å². The van der Waals surface area contributed by atoms with E-state index >= 15 is 0 Å². The molecule has 1 aromatic carbocycles. The zero-order valence-electron chi connectivity index (χ0n) is 12.0. The van der Waals surface area contributed by atoms with Crippen molar-refractivity contribution < 1.29 is 25.8 Å². The molecule has 0 N–H and O–H groups in total. The maximum atomic E-state index is 12.2. The second kappa shape index (κ2) is 6.48. The molecule has 0 aliphatic heterocycles. The molecule has 0 atom stereocenters. The lowest BCUT2D eigenvalue weighted by molar-refractivity contribution is -0.0500. The molecule has 0 saturated heterocycles. The van der Waals surface area contributed by atoms with E-state index < -0.39 is 15.6 Å². The van der Waals surface area contributed by atoms with Crippen molar-refractivity contribution >= 4 is 10.1 Å². The Morgan fingerprint density at radius 3 is 2.09 bits per heavy atom. The zero-order chi connectivity index (χ0) is 16.4. The van der Waals surface area contributed by atoms with E-state index in [2.05, 4.69) is 11.1 Å². The molecule has 1 radical (unpaired) electrons. The van der Waals surface area contributed by atoms with Gasteiger partial charge in [-0.2, -0.15) is 21.6 Å². The first-order valence-corrected chi connectivity index (χ1v) is 8.53. The first-order chi connectivity index (χ1) is 10.2. The third-order valence-corrected chi connectivity index (χ3v) is 5.07. The van der Waals surface area contributed by atoms with Gasteiger partial charge in [-0.1, -0.05) is 25.5 Å². The second-order valence-corrected chi connectivity index (χ2v) is 7.10. The van der Waals surface area contributed by atoms with E-state index in [0.29, 0.717) is 11.8 Å². The number of hydrogen-bond donors (Lipinski definition) is 0. The van der Waals surface area contributed by atoms with E-state index in [1.807, 2.05) is 0 Å². The summed E-state index contributed by atoms with van der Waals surface area (Å²) in [5.74, 6) is 0.680. The number of alkyl halides is 3. The molecule has 2 rings (SSSR count). The Balaban J connectivity index is 2.02. The van der Waals surface area contributed by atoms with Gasteiger partial charge in [-0.25, -0.2) is 0 Å². The van der Waals surface area contributed by atoms with E-state index in [0.717, 1.165) is 37.7 Å². The van der Waals surface area contributed by atoms with Gasteiger partial charge in [0.2, 0.25) is 0 Å². The van der Waals surface area contributed by atoms with E-state index in [4.69, 9.17) is 0 Å². The van der Waals surface area contributed by atoms with Gasteiger partial charge in [0, 0.05) is 0 Å². The van der Waals surface area contributed by atoms with Crippen molar-refractivity contribution in [1.29, 1.82) is 0 Å². The summed E-state index contributed by atoms with van der Waals surface area (Å²) in [4.78, 5) is 0. The van der Waals surface area contributed by atoms with Gasteiger partial charge in [0.1, 0.15) is 5.75 Å². The summed E-state index contributed by atoms with van der Waals surface area (Å²) in [7, 11) is -5.61. The van der Waals surface area contributed by atoms with E-state index in [1.54, 1.807) is 12.1 Å². The molecule has 0 bridgehead atoms. The van der Waals surface area contributed by atoms with Crippen LogP contribution in [0, 0.1) is 12.8 Å². The number of rotatable bonds is 4. The Morgan fingerprint density at radius 1 is 1.09 bits per heavy atom. The van der Waals surface area contributed by atoms with Crippen LogP contribution >= 0.6 is 0 Å². The second-order valence-electron chi connectivity index (χ2n) is 5.56. The minimum Gasteiger partial charge on any atom is -0.376 e. The molecule has 0 amide bonds. The van der Waals surface area contributed by atoms with Crippen LogP contribution in [-0.2, 0) is 10.1 Å². The Bertz CT molecular complexity index is 585. The van der Waals surface area contributed by atoms with Gasteiger partial charge in [-0.05, 0) is 55.2 Å². The fourth-order valence-corrected chi connectivity index (χ4v) is 3.21. The van der Waals surface area contributed by atoms with Crippen LogP contribution in [-0.4, -0.2) is 13.9 Å². The first kappa shape index (κ1) is 17.1. The third-order valence-electron chi connectivity index (χ3n) is 4.10. The van der Waals surface area contributed by atoms with Crippen LogP contribution in [0.1, 0.15) is 43.6 Å². The van der Waals surface area contributed by atoms with Gasteiger partial charge in [0.25, 0.3) is 0 Å². The molecule has 123 valence electrons. The summed E-state index contributed by atoms with van der Waals surface area (Å²) in [5, 5.41) is 0. The minimum atomic E-state index is -5.61. The highest BCUT2D eigenvalue weighted by Gasteiger charge is 2.48. The van der Waals surface area contributed by atoms with Crippen molar-refractivity contribution in [3.63, 3.8) is 0 Å². The lowest BCUT2D eigenvalue weighted by Gasteiger charge is -2.28. The van der Waals surface area contributed by atoms with Crippen LogP contribution in [0.2, 0.25) is 0 Å². The number of benzene rings is 1. The molecule has 1 saturated carbocycles. The molecule has 1 aliphatic carbocycles. The van der Waals surface area contributed by atoms with E-state index in [-0.39, 0.29) is 5.75 Å². The molecule has 3 nitrogen and oxygen atoms in total. The van der Waals surface area contributed by atoms with Crippen molar-refractivity contribution in [3.05, 3.63) is 36.8 Å². The largest absolute Gasteiger partial charge is 0.534 e. The summed E-state index contributed by atoms with van der Waals surface area (Å²) in [6, 6.07) is 5.81. The van der Waals surface area contributed by atoms with E-state index in [9.17, 15) is 21.6 Å².